The van der Waals surface area contributed by atoms with Crippen LogP contribution in [0.4, 0.5) is 0 Å². The van der Waals surface area contributed by atoms with Gasteiger partial charge in [-0.05, 0) is 48.4 Å². The first-order valence-corrected chi connectivity index (χ1v) is 7.55. The van der Waals surface area contributed by atoms with Crippen molar-refractivity contribution in [1.82, 2.24) is 0 Å². The molecule has 0 aromatic heterocycles. The van der Waals surface area contributed by atoms with E-state index in [4.69, 9.17) is 0 Å². The fourth-order valence-electron chi connectivity index (χ4n) is 3.28. The number of hydrogen-bond donors (Lipinski definition) is 1. The van der Waals surface area contributed by atoms with Crippen molar-refractivity contribution in [3.05, 3.63) is 70.3 Å². The maximum atomic E-state index is 11.2. The molecular weight excluding hydrogens is 244 g/mol. The van der Waals surface area contributed by atoms with Crippen LogP contribution in [0.5, 0.6) is 0 Å². The van der Waals surface area contributed by atoms with Crippen LogP contribution in [0, 0.1) is 6.92 Å². The van der Waals surface area contributed by atoms with E-state index in [9.17, 15) is 5.11 Å². The fourth-order valence-corrected chi connectivity index (χ4v) is 3.28. The van der Waals surface area contributed by atoms with E-state index in [0.29, 0.717) is 0 Å². The van der Waals surface area contributed by atoms with Gasteiger partial charge in [0.05, 0.1) is 0 Å². The molecule has 1 heteroatoms. The Morgan fingerprint density at radius 2 is 1.85 bits per heavy atom. The van der Waals surface area contributed by atoms with E-state index < -0.39 is 5.60 Å². The number of aliphatic hydroxyl groups is 1. The van der Waals surface area contributed by atoms with Crippen molar-refractivity contribution in [3.63, 3.8) is 0 Å². The second-order valence-electron chi connectivity index (χ2n) is 5.97. The molecule has 1 aliphatic carbocycles. The molecule has 0 amide bonds. The summed E-state index contributed by atoms with van der Waals surface area (Å²) in [5.74, 6) is 0. The summed E-state index contributed by atoms with van der Waals surface area (Å²) in [6, 6.07) is 14.9. The number of aryl methyl sites for hydroxylation is 3. The van der Waals surface area contributed by atoms with Gasteiger partial charge in [-0.15, -0.1) is 0 Å². The first kappa shape index (κ1) is 13.4. The molecule has 104 valence electrons. The molecule has 1 nitrogen and oxygen atoms in total. The summed E-state index contributed by atoms with van der Waals surface area (Å²) in [7, 11) is 0. The highest BCUT2D eigenvalue weighted by molar-refractivity contribution is 5.47. The van der Waals surface area contributed by atoms with E-state index >= 15 is 0 Å². The second-order valence-corrected chi connectivity index (χ2v) is 5.97. The fraction of sp³-hybridized carbons (Fsp3) is 0.368. The van der Waals surface area contributed by atoms with Crippen molar-refractivity contribution in [2.75, 3.05) is 0 Å². The normalized spacial score (nSPS) is 20.9. The summed E-state index contributed by atoms with van der Waals surface area (Å²) in [6.07, 6.45) is 4.02. The maximum absolute atomic E-state index is 11.2. The molecule has 0 saturated carbocycles. The Kier molecular flexibility index (Phi) is 3.39. The predicted octanol–water partition coefficient (Wildman–Crippen LogP) is 4.13. The van der Waals surface area contributed by atoms with Crippen molar-refractivity contribution < 1.29 is 5.11 Å². The molecule has 0 radical (unpaired) electrons. The monoisotopic (exact) mass is 266 g/mol. The van der Waals surface area contributed by atoms with E-state index in [1.54, 1.807) is 0 Å². The van der Waals surface area contributed by atoms with Crippen LogP contribution >= 0.6 is 0 Å². The van der Waals surface area contributed by atoms with Gasteiger partial charge in [0.15, 0.2) is 0 Å². The lowest BCUT2D eigenvalue weighted by molar-refractivity contribution is 0.0829. The Labute approximate surface area is 121 Å². The van der Waals surface area contributed by atoms with Gasteiger partial charge in [-0.2, -0.15) is 0 Å². The Bertz CT molecular complexity index is 612. The SMILES string of the molecule is CCCc1ccc(C2(O)CCc3ccc(C)cc32)cc1. The molecule has 2 aromatic rings. The van der Waals surface area contributed by atoms with Crippen LogP contribution < -0.4 is 0 Å². The van der Waals surface area contributed by atoms with Gasteiger partial charge in [-0.3, -0.25) is 0 Å². The summed E-state index contributed by atoms with van der Waals surface area (Å²) < 4.78 is 0. The van der Waals surface area contributed by atoms with Crippen LogP contribution in [-0.2, 0) is 18.4 Å². The highest BCUT2D eigenvalue weighted by Gasteiger charge is 2.38. The van der Waals surface area contributed by atoms with Gasteiger partial charge in [0.25, 0.3) is 0 Å². The van der Waals surface area contributed by atoms with Crippen molar-refractivity contribution >= 4 is 0 Å². The molecule has 2 aromatic carbocycles. The summed E-state index contributed by atoms with van der Waals surface area (Å²) in [4.78, 5) is 0. The number of benzene rings is 2. The largest absolute Gasteiger partial charge is 0.380 e. The lowest BCUT2D eigenvalue weighted by Crippen LogP contribution is -2.23. The van der Waals surface area contributed by atoms with Crippen molar-refractivity contribution in [2.24, 2.45) is 0 Å². The zero-order valence-electron chi connectivity index (χ0n) is 12.3. The first-order valence-electron chi connectivity index (χ1n) is 7.55. The van der Waals surface area contributed by atoms with Crippen LogP contribution in [0.25, 0.3) is 0 Å². The number of rotatable bonds is 3. The molecule has 0 saturated heterocycles. The minimum absolute atomic E-state index is 0.791. The van der Waals surface area contributed by atoms with Crippen LogP contribution in [0.15, 0.2) is 42.5 Å². The van der Waals surface area contributed by atoms with Crippen molar-refractivity contribution in [1.29, 1.82) is 0 Å². The topological polar surface area (TPSA) is 20.2 Å². The molecule has 0 spiro atoms. The average molecular weight is 266 g/mol. The third kappa shape index (κ3) is 2.16. The number of fused-ring (bicyclic) bond motifs is 1. The highest BCUT2D eigenvalue weighted by Crippen LogP contribution is 2.42. The summed E-state index contributed by atoms with van der Waals surface area (Å²) in [5, 5.41) is 11.2. The molecule has 0 bridgehead atoms. The maximum Gasteiger partial charge on any atom is 0.115 e. The lowest BCUT2D eigenvalue weighted by Gasteiger charge is -2.25. The zero-order chi connectivity index (χ0) is 14.2. The van der Waals surface area contributed by atoms with Gasteiger partial charge in [0, 0.05) is 0 Å². The zero-order valence-corrected chi connectivity index (χ0v) is 12.3. The summed E-state index contributed by atoms with van der Waals surface area (Å²) in [5.41, 5.74) is 5.18. The standard InChI is InChI=1S/C19H22O/c1-3-4-15-6-9-17(10-7-15)19(20)12-11-16-8-5-14(2)13-18(16)19/h5-10,13,20H,3-4,11-12H2,1-2H3. The summed E-state index contributed by atoms with van der Waals surface area (Å²) in [6.45, 7) is 4.28. The van der Waals surface area contributed by atoms with Crippen LogP contribution in [0.3, 0.4) is 0 Å². The highest BCUT2D eigenvalue weighted by atomic mass is 16.3. The number of hydrogen-bond acceptors (Lipinski definition) is 1. The molecule has 0 aliphatic heterocycles. The smallest absolute Gasteiger partial charge is 0.115 e. The Balaban J connectivity index is 2.00. The third-order valence-electron chi connectivity index (χ3n) is 4.44. The van der Waals surface area contributed by atoms with Gasteiger partial charge in [-0.1, -0.05) is 61.4 Å². The Morgan fingerprint density at radius 1 is 1.10 bits per heavy atom. The predicted molar refractivity (Wildman–Crippen MR) is 82.9 cm³/mol. The van der Waals surface area contributed by atoms with Crippen LogP contribution in [-0.4, -0.2) is 5.11 Å². The van der Waals surface area contributed by atoms with Gasteiger partial charge in [0.2, 0.25) is 0 Å². The average Bonchev–Trinajstić information content (AvgIpc) is 2.78. The first-order chi connectivity index (χ1) is 9.63. The molecule has 1 unspecified atom stereocenters. The molecule has 3 rings (SSSR count). The Morgan fingerprint density at radius 3 is 2.55 bits per heavy atom. The molecule has 1 N–H and O–H groups in total. The van der Waals surface area contributed by atoms with E-state index in [0.717, 1.165) is 36.8 Å². The third-order valence-corrected chi connectivity index (χ3v) is 4.44. The van der Waals surface area contributed by atoms with Gasteiger partial charge < -0.3 is 5.11 Å². The lowest BCUT2D eigenvalue weighted by atomic mass is 9.86. The van der Waals surface area contributed by atoms with E-state index in [1.165, 1.54) is 16.7 Å². The van der Waals surface area contributed by atoms with Gasteiger partial charge >= 0.3 is 0 Å². The summed E-state index contributed by atoms with van der Waals surface area (Å²) >= 11 is 0. The van der Waals surface area contributed by atoms with E-state index in [2.05, 4.69) is 56.3 Å². The van der Waals surface area contributed by atoms with Crippen LogP contribution in [0.1, 0.15) is 47.6 Å². The quantitative estimate of drug-likeness (QED) is 0.885. The Hall–Kier alpha value is -1.60. The minimum Gasteiger partial charge on any atom is -0.380 e. The molecule has 0 fully saturated rings. The molecule has 20 heavy (non-hydrogen) atoms. The molecule has 1 aliphatic rings. The molecule has 0 heterocycles. The minimum atomic E-state index is -0.800. The second kappa shape index (κ2) is 5.06. The van der Waals surface area contributed by atoms with Gasteiger partial charge in [-0.25, -0.2) is 0 Å². The van der Waals surface area contributed by atoms with E-state index in [1.807, 2.05) is 0 Å². The van der Waals surface area contributed by atoms with Crippen molar-refractivity contribution in [2.45, 2.75) is 45.1 Å². The van der Waals surface area contributed by atoms with Gasteiger partial charge in [0.1, 0.15) is 5.60 Å². The van der Waals surface area contributed by atoms with E-state index in [-0.39, 0.29) is 0 Å². The molecule has 1 atom stereocenters. The molecular formula is C19H22O. The van der Waals surface area contributed by atoms with Crippen molar-refractivity contribution in [3.8, 4) is 0 Å². The van der Waals surface area contributed by atoms with Crippen LogP contribution in [0.2, 0.25) is 0 Å².